The monoisotopic (exact) mass is 268 g/mol. The fraction of sp³-hybridized carbons (Fsp3) is 0.857. The molecule has 0 bridgehead atoms. The van der Waals surface area contributed by atoms with Gasteiger partial charge < -0.3 is 15.0 Å². The van der Waals surface area contributed by atoms with Gasteiger partial charge in [0.25, 0.3) is 0 Å². The van der Waals surface area contributed by atoms with Crippen LogP contribution in [0, 0.1) is 0 Å². The van der Waals surface area contributed by atoms with Gasteiger partial charge in [-0.05, 0) is 53.0 Å². The minimum Gasteiger partial charge on any atom is -0.458 e. The Hall–Kier alpha value is -1.10. The predicted molar refractivity (Wildman–Crippen MR) is 71.6 cm³/mol. The van der Waals surface area contributed by atoms with Gasteiger partial charge in [-0.3, -0.25) is 4.79 Å². The molecule has 2 aliphatic heterocycles. The molecule has 19 heavy (non-hydrogen) atoms. The average Bonchev–Trinajstić information content (AvgIpc) is 2.97. The molecule has 2 rings (SSSR count). The summed E-state index contributed by atoms with van der Waals surface area (Å²) in [5, 5.41) is 3.20. The zero-order chi connectivity index (χ0) is 14.0. The van der Waals surface area contributed by atoms with E-state index < -0.39 is 11.6 Å². The molecule has 0 aromatic rings. The van der Waals surface area contributed by atoms with Gasteiger partial charge >= 0.3 is 5.97 Å². The number of rotatable bonds is 2. The summed E-state index contributed by atoms with van der Waals surface area (Å²) in [7, 11) is 0. The Morgan fingerprint density at radius 2 is 1.95 bits per heavy atom. The highest BCUT2D eigenvalue weighted by molar-refractivity contribution is 5.88. The third kappa shape index (κ3) is 3.47. The molecule has 2 aliphatic rings. The average molecular weight is 268 g/mol. The number of esters is 1. The van der Waals surface area contributed by atoms with Gasteiger partial charge in [-0.25, -0.2) is 4.79 Å². The molecule has 2 atom stereocenters. The van der Waals surface area contributed by atoms with Gasteiger partial charge in [0, 0.05) is 6.54 Å². The number of nitrogens with one attached hydrogen (secondary N) is 1. The van der Waals surface area contributed by atoms with E-state index in [-0.39, 0.29) is 17.9 Å². The van der Waals surface area contributed by atoms with Crippen molar-refractivity contribution in [3.63, 3.8) is 0 Å². The van der Waals surface area contributed by atoms with Crippen LogP contribution in [0.1, 0.15) is 46.5 Å². The Bertz CT molecular complexity index is 356. The van der Waals surface area contributed by atoms with Crippen molar-refractivity contribution in [2.24, 2.45) is 0 Å². The summed E-state index contributed by atoms with van der Waals surface area (Å²) in [6, 6.07) is -0.503. The SMILES string of the molecule is CC(C)(C)OC(=O)[C@@H]1CCCN1C(=O)C1CCCN1. The lowest BCUT2D eigenvalue weighted by atomic mass is 10.1. The first-order valence-electron chi connectivity index (χ1n) is 7.15. The van der Waals surface area contributed by atoms with E-state index in [0.29, 0.717) is 13.0 Å². The molecule has 0 spiro atoms. The van der Waals surface area contributed by atoms with E-state index in [1.807, 2.05) is 20.8 Å². The molecule has 1 unspecified atom stereocenters. The largest absolute Gasteiger partial charge is 0.458 e. The molecule has 5 nitrogen and oxygen atoms in total. The molecule has 108 valence electrons. The van der Waals surface area contributed by atoms with Gasteiger partial charge in [-0.15, -0.1) is 0 Å². The summed E-state index contributed by atoms with van der Waals surface area (Å²) < 4.78 is 5.41. The molecule has 1 amide bonds. The molecule has 0 saturated carbocycles. The Balaban J connectivity index is 2.00. The third-order valence-electron chi connectivity index (χ3n) is 3.57. The summed E-state index contributed by atoms with van der Waals surface area (Å²) in [6.45, 7) is 7.11. The van der Waals surface area contributed by atoms with Crippen LogP contribution in [0.3, 0.4) is 0 Å². The predicted octanol–water partition coefficient (Wildman–Crippen LogP) is 1.07. The van der Waals surface area contributed by atoms with Crippen LogP contribution >= 0.6 is 0 Å². The van der Waals surface area contributed by atoms with Gasteiger partial charge in [0.05, 0.1) is 6.04 Å². The Morgan fingerprint density at radius 1 is 1.21 bits per heavy atom. The van der Waals surface area contributed by atoms with Crippen LogP contribution in [0.25, 0.3) is 0 Å². The van der Waals surface area contributed by atoms with E-state index in [1.165, 1.54) is 0 Å². The number of hydrogen-bond acceptors (Lipinski definition) is 4. The zero-order valence-corrected chi connectivity index (χ0v) is 12.1. The molecule has 0 aromatic heterocycles. The van der Waals surface area contributed by atoms with Crippen LogP contribution in [0.2, 0.25) is 0 Å². The standard InChI is InChI=1S/C14H24N2O3/c1-14(2,3)19-13(18)11-7-5-9-16(11)12(17)10-6-4-8-15-10/h10-11,15H,4-9H2,1-3H3/t10?,11-/m0/s1. The summed E-state index contributed by atoms with van der Waals surface area (Å²) in [5.74, 6) is -0.206. The third-order valence-corrected chi connectivity index (χ3v) is 3.57. The number of hydrogen-bond donors (Lipinski definition) is 1. The molecule has 0 aliphatic carbocycles. The summed E-state index contributed by atoms with van der Waals surface area (Å²) in [5.41, 5.74) is -0.500. The van der Waals surface area contributed by atoms with E-state index in [4.69, 9.17) is 4.74 Å². The lowest BCUT2D eigenvalue weighted by Gasteiger charge is -2.29. The fourth-order valence-electron chi connectivity index (χ4n) is 2.74. The van der Waals surface area contributed by atoms with Gasteiger partial charge in [0.2, 0.25) is 5.91 Å². The highest BCUT2D eigenvalue weighted by Crippen LogP contribution is 2.23. The summed E-state index contributed by atoms with van der Waals surface area (Å²) in [4.78, 5) is 26.2. The molecular weight excluding hydrogens is 244 g/mol. The second kappa shape index (κ2) is 5.49. The zero-order valence-electron chi connectivity index (χ0n) is 12.1. The van der Waals surface area contributed by atoms with Crippen molar-refractivity contribution in [2.45, 2.75) is 64.1 Å². The summed E-state index contributed by atoms with van der Waals surface area (Å²) in [6.07, 6.45) is 3.49. The minimum atomic E-state index is -0.500. The van der Waals surface area contributed by atoms with E-state index in [2.05, 4.69) is 5.32 Å². The number of nitrogens with zero attached hydrogens (tertiary/aromatic N) is 1. The number of likely N-dealkylation sites (tertiary alicyclic amines) is 1. The minimum absolute atomic E-state index is 0.0610. The van der Waals surface area contributed by atoms with Gasteiger partial charge in [-0.2, -0.15) is 0 Å². The van der Waals surface area contributed by atoms with Crippen LogP contribution in [0.15, 0.2) is 0 Å². The normalized spacial score (nSPS) is 27.6. The van der Waals surface area contributed by atoms with Crippen molar-refractivity contribution in [3.05, 3.63) is 0 Å². The number of ether oxygens (including phenoxy) is 1. The lowest BCUT2D eigenvalue weighted by Crippen LogP contribution is -2.49. The van der Waals surface area contributed by atoms with Crippen LogP contribution in [0.5, 0.6) is 0 Å². The van der Waals surface area contributed by atoms with E-state index in [1.54, 1.807) is 4.90 Å². The first-order chi connectivity index (χ1) is 8.88. The smallest absolute Gasteiger partial charge is 0.329 e. The first-order valence-corrected chi connectivity index (χ1v) is 7.15. The van der Waals surface area contributed by atoms with E-state index >= 15 is 0 Å². The maximum Gasteiger partial charge on any atom is 0.329 e. The number of carbonyl (C=O) groups excluding carboxylic acids is 2. The lowest BCUT2D eigenvalue weighted by molar-refractivity contribution is -0.163. The molecule has 2 fully saturated rings. The maximum absolute atomic E-state index is 12.4. The molecular formula is C14H24N2O3. The van der Waals surface area contributed by atoms with Crippen molar-refractivity contribution in [3.8, 4) is 0 Å². The van der Waals surface area contributed by atoms with Crippen LogP contribution in [0.4, 0.5) is 0 Å². The Labute approximate surface area is 114 Å². The van der Waals surface area contributed by atoms with Crippen molar-refractivity contribution in [1.82, 2.24) is 10.2 Å². The Kier molecular flexibility index (Phi) is 4.13. The van der Waals surface area contributed by atoms with Crippen LogP contribution < -0.4 is 5.32 Å². The van der Waals surface area contributed by atoms with Crippen LogP contribution in [-0.2, 0) is 14.3 Å². The van der Waals surface area contributed by atoms with Gasteiger partial charge in [-0.1, -0.05) is 0 Å². The van der Waals surface area contributed by atoms with Crippen molar-refractivity contribution in [1.29, 1.82) is 0 Å². The van der Waals surface area contributed by atoms with Gasteiger partial charge in [0.15, 0.2) is 0 Å². The van der Waals surface area contributed by atoms with Crippen molar-refractivity contribution in [2.75, 3.05) is 13.1 Å². The molecule has 0 radical (unpaired) electrons. The molecule has 0 aromatic carbocycles. The Morgan fingerprint density at radius 3 is 2.53 bits per heavy atom. The summed E-state index contributed by atoms with van der Waals surface area (Å²) >= 11 is 0. The van der Waals surface area contributed by atoms with Crippen molar-refractivity contribution >= 4 is 11.9 Å². The van der Waals surface area contributed by atoms with Crippen LogP contribution in [-0.4, -0.2) is 47.6 Å². The quantitative estimate of drug-likeness (QED) is 0.761. The molecule has 1 N–H and O–H groups in total. The number of carbonyl (C=O) groups is 2. The maximum atomic E-state index is 12.4. The second-order valence-corrected chi connectivity index (χ2v) is 6.37. The van der Waals surface area contributed by atoms with E-state index in [0.717, 1.165) is 25.8 Å². The second-order valence-electron chi connectivity index (χ2n) is 6.37. The molecule has 2 heterocycles. The highest BCUT2D eigenvalue weighted by Gasteiger charge is 2.39. The fourth-order valence-corrected chi connectivity index (χ4v) is 2.74. The first kappa shape index (κ1) is 14.3. The van der Waals surface area contributed by atoms with Gasteiger partial charge in [0.1, 0.15) is 11.6 Å². The molecule has 5 heteroatoms. The van der Waals surface area contributed by atoms with Crippen molar-refractivity contribution < 1.29 is 14.3 Å². The van der Waals surface area contributed by atoms with E-state index in [9.17, 15) is 9.59 Å². The topological polar surface area (TPSA) is 58.6 Å². The highest BCUT2D eigenvalue weighted by atomic mass is 16.6. The number of amides is 1. The molecule has 2 saturated heterocycles.